The van der Waals surface area contributed by atoms with Crippen molar-refractivity contribution in [1.29, 1.82) is 0 Å². The van der Waals surface area contributed by atoms with Crippen LogP contribution in [0.25, 0.3) is 0 Å². The quantitative estimate of drug-likeness (QED) is 0.807. The lowest BCUT2D eigenvalue weighted by Gasteiger charge is -2.18. The Morgan fingerprint density at radius 1 is 1.26 bits per heavy atom. The maximum atomic E-state index is 11.5. The van der Waals surface area contributed by atoms with Crippen molar-refractivity contribution < 1.29 is 4.79 Å². The summed E-state index contributed by atoms with van der Waals surface area (Å²) in [6.45, 7) is 0. The van der Waals surface area contributed by atoms with Crippen molar-refractivity contribution in [3.05, 3.63) is 42.4 Å². The van der Waals surface area contributed by atoms with Crippen LogP contribution in [0, 0.1) is 0 Å². The van der Waals surface area contributed by atoms with E-state index in [9.17, 15) is 4.79 Å². The SMILES string of the molecule is CNC(=O)c1nccc(N(C)c2ccc(N)cc2)n1. The summed E-state index contributed by atoms with van der Waals surface area (Å²) in [6.07, 6.45) is 1.56. The van der Waals surface area contributed by atoms with E-state index in [1.54, 1.807) is 19.3 Å². The molecule has 1 aromatic carbocycles. The van der Waals surface area contributed by atoms with Crippen molar-refractivity contribution in [3.8, 4) is 0 Å². The van der Waals surface area contributed by atoms with Gasteiger partial charge in [-0.2, -0.15) is 0 Å². The first kappa shape index (κ1) is 12.8. The van der Waals surface area contributed by atoms with Crippen molar-refractivity contribution in [1.82, 2.24) is 15.3 Å². The van der Waals surface area contributed by atoms with E-state index in [0.29, 0.717) is 11.5 Å². The second-order valence-electron chi connectivity index (χ2n) is 3.97. The van der Waals surface area contributed by atoms with Crippen LogP contribution in [0.2, 0.25) is 0 Å². The zero-order valence-electron chi connectivity index (χ0n) is 10.8. The minimum atomic E-state index is -0.312. The lowest BCUT2D eigenvalue weighted by molar-refractivity contribution is 0.0953. The number of carbonyl (C=O) groups is 1. The molecule has 0 radical (unpaired) electrons. The number of benzene rings is 1. The Morgan fingerprint density at radius 3 is 2.58 bits per heavy atom. The standard InChI is InChI=1S/C13H15N5O/c1-15-13(19)12-16-8-7-11(17-12)18(2)10-5-3-9(14)4-6-10/h3-8H,14H2,1-2H3,(H,15,19). The molecule has 0 aliphatic carbocycles. The van der Waals surface area contributed by atoms with Gasteiger partial charge in [0, 0.05) is 31.7 Å². The van der Waals surface area contributed by atoms with Gasteiger partial charge in [0.2, 0.25) is 5.82 Å². The summed E-state index contributed by atoms with van der Waals surface area (Å²) < 4.78 is 0. The predicted molar refractivity (Wildman–Crippen MR) is 74.3 cm³/mol. The number of rotatable bonds is 3. The van der Waals surface area contributed by atoms with E-state index < -0.39 is 0 Å². The van der Waals surface area contributed by atoms with Crippen LogP contribution in [-0.2, 0) is 0 Å². The van der Waals surface area contributed by atoms with E-state index in [1.165, 1.54) is 0 Å². The first-order chi connectivity index (χ1) is 9.11. The van der Waals surface area contributed by atoms with E-state index >= 15 is 0 Å². The molecule has 3 N–H and O–H groups in total. The summed E-state index contributed by atoms with van der Waals surface area (Å²) in [5.74, 6) is 0.466. The first-order valence-corrected chi connectivity index (χ1v) is 5.76. The summed E-state index contributed by atoms with van der Waals surface area (Å²) in [6, 6.07) is 9.14. The van der Waals surface area contributed by atoms with Gasteiger partial charge in [0.15, 0.2) is 0 Å². The molecule has 0 saturated carbocycles. The zero-order chi connectivity index (χ0) is 13.8. The fourth-order valence-electron chi connectivity index (χ4n) is 1.59. The lowest BCUT2D eigenvalue weighted by atomic mass is 10.2. The Hall–Kier alpha value is -2.63. The number of nitrogen functional groups attached to an aromatic ring is 1. The molecule has 1 heterocycles. The Kier molecular flexibility index (Phi) is 3.61. The number of carbonyl (C=O) groups excluding carboxylic acids is 1. The molecule has 0 fully saturated rings. The molecule has 0 aliphatic heterocycles. The van der Waals surface area contributed by atoms with Crippen molar-refractivity contribution in [2.24, 2.45) is 0 Å². The number of hydrogen-bond donors (Lipinski definition) is 2. The van der Waals surface area contributed by atoms with Gasteiger partial charge in [-0.3, -0.25) is 4.79 Å². The van der Waals surface area contributed by atoms with Gasteiger partial charge in [0.25, 0.3) is 5.91 Å². The van der Waals surface area contributed by atoms with Crippen LogP contribution in [0.1, 0.15) is 10.6 Å². The Morgan fingerprint density at radius 2 is 1.95 bits per heavy atom. The number of aromatic nitrogens is 2. The zero-order valence-corrected chi connectivity index (χ0v) is 10.8. The second-order valence-corrected chi connectivity index (χ2v) is 3.97. The van der Waals surface area contributed by atoms with Gasteiger partial charge in [-0.25, -0.2) is 9.97 Å². The molecular weight excluding hydrogens is 242 g/mol. The molecule has 0 atom stereocenters. The molecule has 0 aliphatic rings. The third-order valence-electron chi connectivity index (χ3n) is 2.70. The second kappa shape index (κ2) is 5.34. The van der Waals surface area contributed by atoms with Crippen LogP contribution >= 0.6 is 0 Å². The Bertz CT molecular complexity index is 582. The number of anilines is 3. The fraction of sp³-hybridized carbons (Fsp3) is 0.154. The topological polar surface area (TPSA) is 84.1 Å². The maximum Gasteiger partial charge on any atom is 0.288 e. The van der Waals surface area contributed by atoms with Crippen LogP contribution < -0.4 is 16.0 Å². The minimum Gasteiger partial charge on any atom is -0.399 e. The fourth-order valence-corrected chi connectivity index (χ4v) is 1.59. The molecule has 6 heteroatoms. The summed E-state index contributed by atoms with van der Waals surface area (Å²) in [4.78, 5) is 21.5. The van der Waals surface area contributed by atoms with Crippen LogP contribution in [0.15, 0.2) is 36.5 Å². The highest BCUT2D eigenvalue weighted by Gasteiger charge is 2.10. The number of hydrogen-bond acceptors (Lipinski definition) is 5. The summed E-state index contributed by atoms with van der Waals surface area (Å²) in [7, 11) is 3.41. The van der Waals surface area contributed by atoms with Crippen LogP contribution in [0.5, 0.6) is 0 Å². The van der Waals surface area contributed by atoms with Crippen molar-refractivity contribution in [3.63, 3.8) is 0 Å². The largest absolute Gasteiger partial charge is 0.399 e. The van der Waals surface area contributed by atoms with Crippen molar-refractivity contribution in [2.75, 3.05) is 24.7 Å². The van der Waals surface area contributed by atoms with Crippen LogP contribution in [0.3, 0.4) is 0 Å². The Balaban J connectivity index is 2.31. The average Bonchev–Trinajstić information content (AvgIpc) is 2.46. The van der Waals surface area contributed by atoms with E-state index in [0.717, 1.165) is 5.69 Å². The molecule has 1 amide bonds. The monoisotopic (exact) mass is 257 g/mol. The summed E-state index contributed by atoms with van der Waals surface area (Å²) in [5, 5.41) is 2.50. The highest BCUT2D eigenvalue weighted by atomic mass is 16.2. The number of nitrogens with two attached hydrogens (primary N) is 1. The highest BCUT2D eigenvalue weighted by molar-refractivity contribution is 5.90. The third-order valence-corrected chi connectivity index (χ3v) is 2.70. The number of amides is 1. The molecule has 0 saturated heterocycles. The van der Waals surface area contributed by atoms with Crippen molar-refractivity contribution in [2.45, 2.75) is 0 Å². The molecule has 0 bridgehead atoms. The molecule has 0 unspecified atom stereocenters. The van der Waals surface area contributed by atoms with Gasteiger partial charge in [-0.05, 0) is 30.3 Å². The van der Waals surface area contributed by atoms with E-state index in [4.69, 9.17) is 5.73 Å². The molecule has 6 nitrogen and oxygen atoms in total. The van der Waals surface area contributed by atoms with Crippen LogP contribution in [-0.4, -0.2) is 30.0 Å². The number of nitrogens with one attached hydrogen (secondary N) is 1. The summed E-state index contributed by atoms with van der Waals surface area (Å²) in [5.41, 5.74) is 7.28. The predicted octanol–water partition coefficient (Wildman–Crippen LogP) is 1.19. The van der Waals surface area contributed by atoms with Gasteiger partial charge in [-0.15, -0.1) is 0 Å². The van der Waals surface area contributed by atoms with E-state index in [1.807, 2.05) is 36.2 Å². The Labute approximate surface area is 111 Å². The lowest BCUT2D eigenvalue weighted by Crippen LogP contribution is -2.22. The molecule has 98 valence electrons. The van der Waals surface area contributed by atoms with Gasteiger partial charge >= 0.3 is 0 Å². The average molecular weight is 257 g/mol. The van der Waals surface area contributed by atoms with E-state index in [-0.39, 0.29) is 11.7 Å². The molecule has 19 heavy (non-hydrogen) atoms. The molecule has 1 aromatic heterocycles. The molecule has 2 rings (SSSR count). The van der Waals surface area contributed by atoms with Crippen molar-refractivity contribution >= 4 is 23.1 Å². The summed E-state index contributed by atoms with van der Waals surface area (Å²) >= 11 is 0. The highest BCUT2D eigenvalue weighted by Crippen LogP contribution is 2.22. The maximum absolute atomic E-state index is 11.5. The van der Waals surface area contributed by atoms with E-state index in [2.05, 4.69) is 15.3 Å². The molecule has 2 aromatic rings. The molecule has 0 spiro atoms. The minimum absolute atomic E-state index is 0.141. The van der Waals surface area contributed by atoms with Gasteiger partial charge in [0.05, 0.1) is 0 Å². The smallest absolute Gasteiger partial charge is 0.288 e. The normalized spacial score (nSPS) is 10.0. The third kappa shape index (κ3) is 2.79. The van der Waals surface area contributed by atoms with Gasteiger partial charge in [-0.1, -0.05) is 0 Å². The first-order valence-electron chi connectivity index (χ1n) is 5.76. The van der Waals surface area contributed by atoms with Gasteiger partial charge < -0.3 is 16.0 Å². The van der Waals surface area contributed by atoms with Gasteiger partial charge in [0.1, 0.15) is 5.82 Å². The van der Waals surface area contributed by atoms with Crippen LogP contribution in [0.4, 0.5) is 17.2 Å². The molecular formula is C13H15N5O. The number of nitrogens with zero attached hydrogens (tertiary/aromatic N) is 3.